The third kappa shape index (κ3) is 3.98. The van der Waals surface area contributed by atoms with Crippen molar-refractivity contribution in [1.82, 2.24) is 15.1 Å². The van der Waals surface area contributed by atoms with Crippen molar-refractivity contribution in [3.63, 3.8) is 0 Å². The Morgan fingerprint density at radius 1 is 1.33 bits per heavy atom. The molecule has 0 aliphatic rings. The van der Waals surface area contributed by atoms with Crippen LogP contribution in [0.3, 0.4) is 0 Å². The normalized spacial score (nSPS) is 15.7. The molecule has 0 fully saturated rings. The van der Waals surface area contributed by atoms with Gasteiger partial charge in [-0.1, -0.05) is 20.8 Å². The van der Waals surface area contributed by atoms with Gasteiger partial charge in [-0.25, -0.2) is 0 Å². The fourth-order valence-corrected chi connectivity index (χ4v) is 2.74. The summed E-state index contributed by atoms with van der Waals surface area (Å²) in [5, 5.41) is 8.05. The molecule has 1 heterocycles. The minimum atomic E-state index is -0.288. The Balaban J connectivity index is 3.29. The molecule has 0 aliphatic heterocycles. The number of hydrogen-bond donors (Lipinski definition) is 1. The zero-order valence-electron chi connectivity index (χ0n) is 14.4. The maximum atomic E-state index is 6.09. The molecule has 0 aliphatic carbocycles. The van der Waals surface area contributed by atoms with Crippen molar-refractivity contribution < 1.29 is 9.47 Å². The van der Waals surface area contributed by atoms with Crippen molar-refractivity contribution in [1.29, 1.82) is 0 Å². The number of hydrogen-bond acceptors (Lipinski definition) is 4. The number of likely N-dealkylation sites (N-methyl/N-ethyl adjacent to an activating group) is 1. The molecule has 5 heteroatoms. The lowest BCUT2D eigenvalue weighted by molar-refractivity contribution is -0.0583. The Labute approximate surface area is 129 Å². The van der Waals surface area contributed by atoms with Crippen molar-refractivity contribution in [2.24, 2.45) is 0 Å². The van der Waals surface area contributed by atoms with Gasteiger partial charge in [0.05, 0.1) is 24.9 Å². The Morgan fingerprint density at radius 3 is 2.52 bits per heavy atom. The zero-order valence-corrected chi connectivity index (χ0v) is 14.4. The first-order valence-electron chi connectivity index (χ1n) is 8.04. The van der Waals surface area contributed by atoms with Crippen LogP contribution >= 0.6 is 0 Å². The minimum absolute atomic E-state index is 0.0523. The van der Waals surface area contributed by atoms with Gasteiger partial charge in [-0.05, 0) is 33.2 Å². The summed E-state index contributed by atoms with van der Waals surface area (Å²) in [5.41, 5.74) is 0.794. The molecule has 0 aromatic carbocycles. The summed E-state index contributed by atoms with van der Waals surface area (Å²) in [5.74, 6) is 0.828. The SMILES string of the molecule is CCCn1ncc(OC)c1C(NCC)C(C)(CC)OCC. The molecule has 1 N–H and O–H groups in total. The summed E-state index contributed by atoms with van der Waals surface area (Å²) in [6.07, 6.45) is 3.75. The minimum Gasteiger partial charge on any atom is -0.493 e. The van der Waals surface area contributed by atoms with Gasteiger partial charge in [0.15, 0.2) is 5.75 Å². The highest BCUT2D eigenvalue weighted by atomic mass is 16.5. The van der Waals surface area contributed by atoms with Gasteiger partial charge in [0.1, 0.15) is 5.69 Å². The van der Waals surface area contributed by atoms with Gasteiger partial charge >= 0.3 is 0 Å². The van der Waals surface area contributed by atoms with E-state index in [1.807, 2.05) is 11.6 Å². The van der Waals surface area contributed by atoms with E-state index in [1.165, 1.54) is 0 Å². The zero-order chi connectivity index (χ0) is 15.9. The number of ether oxygens (including phenoxy) is 2. The average Bonchev–Trinajstić information content (AvgIpc) is 2.87. The Morgan fingerprint density at radius 2 is 2.05 bits per heavy atom. The lowest BCUT2D eigenvalue weighted by Gasteiger charge is -2.37. The van der Waals surface area contributed by atoms with E-state index in [-0.39, 0.29) is 11.6 Å². The van der Waals surface area contributed by atoms with E-state index in [1.54, 1.807) is 13.3 Å². The van der Waals surface area contributed by atoms with Gasteiger partial charge in [-0.2, -0.15) is 5.10 Å². The van der Waals surface area contributed by atoms with Crippen LogP contribution in [0.25, 0.3) is 0 Å². The summed E-state index contributed by atoms with van der Waals surface area (Å²) in [7, 11) is 1.70. The highest BCUT2D eigenvalue weighted by molar-refractivity contribution is 5.30. The van der Waals surface area contributed by atoms with Crippen LogP contribution in [0, 0.1) is 0 Å². The van der Waals surface area contributed by atoms with Gasteiger partial charge in [-0.3, -0.25) is 4.68 Å². The van der Waals surface area contributed by atoms with Crippen LogP contribution in [0.1, 0.15) is 59.2 Å². The molecule has 0 saturated carbocycles. The molecule has 122 valence electrons. The molecule has 2 unspecified atom stereocenters. The van der Waals surface area contributed by atoms with E-state index < -0.39 is 0 Å². The molecule has 0 radical (unpaired) electrons. The first-order chi connectivity index (χ1) is 10.1. The molecule has 21 heavy (non-hydrogen) atoms. The number of aryl methyl sites for hydroxylation is 1. The molecule has 0 amide bonds. The highest BCUT2D eigenvalue weighted by Crippen LogP contribution is 2.36. The van der Waals surface area contributed by atoms with E-state index in [2.05, 4.69) is 38.1 Å². The molecular weight excluding hydrogens is 266 g/mol. The predicted octanol–water partition coefficient (Wildman–Crippen LogP) is 3.16. The number of rotatable bonds is 10. The number of aromatic nitrogens is 2. The van der Waals surface area contributed by atoms with Crippen molar-refractivity contribution in [2.45, 2.75) is 65.6 Å². The molecule has 5 nitrogen and oxygen atoms in total. The highest BCUT2D eigenvalue weighted by Gasteiger charge is 2.38. The van der Waals surface area contributed by atoms with Gasteiger partial charge in [-0.15, -0.1) is 0 Å². The van der Waals surface area contributed by atoms with E-state index in [0.29, 0.717) is 6.61 Å². The lowest BCUT2D eigenvalue weighted by atomic mass is 9.90. The van der Waals surface area contributed by atoms with Gasteiger partial charge in [0.25, 0.3) is 0 Å². The molecule has 1 aromatic rings. The molecule has 2 atom stereocenters. The number of methoxy groups -OCH3 is 1. The third-order valence-corrected chi connectivity index (χ3v) is 3.97. The Kier molecular flexibility index (Phi) is 7.18. The van der Waals surface area contributed by atoms with Crippen molar-refractivity contribution in [3.8, 4) is 5.75 Å². The first-order valence-corrected chi connectivity index (χ1v) is 8.04. The van der Waals surface area contributed by atoms with Crippen molar-refractivity contribution in [2.75, 3.05) is 20.3 Å². The molecule has 0 spiro atoms. The maximum absolute atomic E-state index is 6.09. The summed E-state index contributed by atoms with van der Waals surface area (Å²) in [6.45, 7) is 13.1. The first kappa shape index (κ1) is 18.0. The second-order valence-corrected chi connectivity index (χ2v) is 5.41. The molecule has 0 bridgehead atoms. The Hall–Kier alpha value is -1.07. The lowest BCUT2D eigenvalue weighted by Crippen LogP contribution is -2.44. The van der Waals surface area contributed by atoms with Crippen LogP contribution in [0.4, 0.5) is 0 Å². The van der Waals surface area contributed by atoms with Crippen molar-refractivity contribution >= 4 is 0 Å². The third-order valence-electron chi connectivity index (χ3n) is 3.97. The van der Waals surface area contributed by atoms with Crippen LogP contribution in [0.5, 0.6) is 5.75 Å². The van der Waals surface area contributed by atoms with E-state index in [0.717, 1.165) is 37.4 Å². The van der Waals surface area contributed by atoms with Crippen LogP contribution in [-0.2, 0) is 11.3 Å². The number of nitrogens with one attached hydrogen (secondary N) is 1. The van der Waals surface area contributed by atoms with Gasteiger partial charge < -0.3 is 14.8 Å². The smallest absolute Gasteiger partial charge is 0.161 e. The quantitative estimate of drug-likeness (QED) is 0.720. The van der Waals surface area contributed by atoms with E-state index in [4.69, 9.17) is 9.47 Å². The molecule has 1 aromatic heterocycles. The second kappa shape index (κ2) is 8.39. The molecular formula is C16H31N3O2. The average molecular weight is 297 g/mol. The summed E-state index contributed by atoms with van der Waals surface area (Å²) in [6, 6.07) is 0.0523. The fraction of sp³-hybridized carbons (Fsp3) is 0.812. The summed E-state index contributed by atoms with van der Waals surface area (Å²) < 4.78 is 13.7. The molecule has 1 rings (SSSR count). The van der Waals surface area contributed by atoms with Crippen LogP contribution in [0.15, 0.2) is 6.20 Å². The van der Waals surface area contributed by atoms with Crippen LogP contribution < -0.4 is 10.1 Å². The largest absolute Gasteiger partial charge is 0.493 e. The fourth-order valence-electron chi connectivity index (χ4n) is 2.74. The number of nitrogens with zero attached hydrogens (tertiary/aromatic N) is 2. The predicted molar refractivity (Wildman–Crippen MR) is 85.8 cm³/mol. The Bertz CT molecular complexity index is 420. The summed E-state index contributed by atoms with van der Waals surface area (Å²) in [4.78, 5) is 0. The monoisotopic (exact) mass is 297 g/mol. The van der Waals surface area contributed by atoms with Gasteiger partial charge in [0, 0.05) is 13.2 Å². The van der Waals surface area contributed by atoms with Gasteiger partial charge in [0.2, 0.25) is 0 Å². The van der Waals surface area contributed by atoms with Crippen molar-refractivity contribution in [3.05, 3.63) is 11.9 Å². The topological polar surface area (TPSA) is 48.3 Å². The van der Waals surface area contributed by atoms with E-state index in [9.17, 15) is 0 Å². The van der Waals surface area contributed by atoms with E-state index >= 15 is 0 Å². The second-order valence-electron chi connectivity index (χ2n) is 5.41. The molecule has 0 saturated heterocycles. The standard InChI is InChI=1S/C16H31N3O2/c1-7-11-19-14(13(20-6)12-18-19)15(17-9-3)16(5,8-2)21-10-4/h12,15,17H,7-11H2,1-6H3. The van der Waals surface area contributed by atoms with Crippen LogP contribution in [-0.4, -0.2) is 35.6 Å². The maximum Gasteiger partial charge on any atom is 0.161 e. The van der Waals surface area contributed by atoms with Crippen LogP contribution in [0.2, 0.25) is 0 Å². The summed E-state index contributed by atoms with van der Waals surface area (Å²) >= 11 is 0.